The van der Waals surface area contributed by atoms with Gasteiger partial charge in [0.05, 0.1) is 29.4 Å². The van der Waals surface area contributed by atoms with E-state index in [-0.39, 0.29) is 17.6 Å². The van der Waals surface area contributed by atoms with Gasteiger partial charge in [-0.2, -0.15) is 0 Å². The molecule has 2 heterocycles. The summed E-state index contributed by atoms with van der Waals surface area (Å²) >= 11 is 0. The van der Waals surface area contributed by atoms with Gasteiger partial charge in [0.1, 0.15) is 5.76 Å². The van der Waals surface area contributed by atoms with Crippen molar-refractivity contribution in [1.29, 1.82) is 0 Å². The molecule has 5 heteroatoms. The molecule has 1 aliphatic heterocycles. The van der Waals surface area contributed by atoms with E-state index in [0.717, 1.165) is 23.2 Å². The molecule has 1 fully saturated rings. The molecular weight excluding hydrogens is 340 g/mol. The summed E-state index contributed by atoms with van der Waals surface area (Å²) in [5, 5.41) is 3.99. The standard InChI is InChI=1S/C22H30N2O3/c1-15-18(16(2)26-23-15)12-20(25)24(14-17-10-8-7-9-11-17)19-13-21(3,4)27-22(19,5)6/h7-11,19H,12-14H2,1-6H3. The Kier molecular flexibility index (Phi) is 5.17. The molecule has 1 aliphatic rings. The molecule has 1 saturated heterocycles. The van der Waals surface area contributed by atoms with Crippen molar-refractivity contribution in [3.8, 4) is 0 Å². The Hall–Kier alpha value is -2.14. The van der Waals surface area contributed by atoms with Crippen LogP contribution < -0.4 is 0 Å². The van der Waals surface area contributed by atoms with Gasteiger partial charge >= 0.3 is 0 Å². The number of ether oxygens (including phenoxy) is 1. The summed E-state index contributed by atoms with van der Waals surface area (Å²) in [7, 11) is 0. The molecule has 0 bridgehead atoms. The van der Waals surface area contributed by atoms with Gasteiger partial charge in [-0.3, -0.25) is 4.79 Å². The maximum Gasteiger partial charge on any atom is 0.227 e. The fourth-order valence-corrected chi connectivity index (χ4v) is 4.18. The number of aromatic nitrogens is 1. The molecule has 2 aromatic rings. The van der Waals surface area contributed by atoms with Gasteiger partial charge in [-0.05, 0) is 53.5 Å². The molecule has 27 heavy (non-hydrogen) atoms. The van der Waals surface area contributed by atoms with Gasteiger partial charge in [0.15, 0.2) is 0 Å². The normalized spacial score (nSPS) is 20.6. The average molecular weight is 370 g/mol. The summed E-state index contributed by atoms with van der Waals surface area (Å²) in [5.41, 5.74) is 2.11. The third-order valence-electron chi connectivity index (χ3n) is 5.43. The van der Waals surface area contributed by atoms with E-state index in [9.17, 15) is 4.79 Å². The molecule has 146 valence electrons. The van der Waals surface area contributed by atoms with Gasteiger partial charge in [-0.15, -0.1) is 0 Å². The lowest BCUT2D eigenvalue weighted by Crippen LogP contribution is -2.49. The van der Waals surface area contributed by atoms with E-state index in [1.54, 1.807) is 0 Å². The van der Waals surface area contributed by atoms with Crippen LogP contribution in [0.15, 0.2) is 34.9 Å². The molecular formula is C22H30N2O3. The molecule has 0 N–H and O–H groups in total. The molecule has 1 unspecified atom stereocenters. The second-order valence-corrected chi connectivity index (χ2v) is 8.67. The summed E-state index contributed by atoms with van der Waals surface area (Å²) < 4.78 is 11.5. The van der Waals surface area contributed by atoms with Crippen LogP contribution in [0.4, 0.5) is 0 Å². The van der Waals surface area contributed by atoms with Gasteiger partial charge in [-0.25, -0.2) is 0 Å². The largest absolute Gasteiger partial charge is 0.367 e. The zero-order valence-corrected chi connectivity index (χ0v) is 17.2. The minimum Gasteiger partial charge on any atom is -0.367 e. The lowest BCUT2D eigenvalue weighted by Gasteiger charge is -2.36. The van der Waals surface area contributed by atoms with Crippen LogP contribution in [0, 0.1) is 13.8 Å². The number of nitrogens with zero attached hydrogens (tertiary/aromatic N) is 2. The van der Waals surface area contributed by atoms with Crippen molar-refractivity contribution in [2.45, 2.75) is 78.2 Å². The number of rotatable bonds is 5. The van der Waals surface area contributed by atoms with Crippen LogP contribution in [0.5, 0.6) is 0 Å². The first-order chi connectivity index (χ1) is 12.6. The number of benzene rings is 1. The first-order valence-electron chi connectivity index (χ1n) is 9.54. The van der Waals surface area contributed by atoms with E-state index in [1.807, 2.05) is 36.9 Å². The highest BCUT2D eigenvalue weighted by Crippen LogP contribution is 2.41. The third kappa shape index (κ3) is 4.24. The van der Waals surface area contributed by atoms with Crippen LogP contribution in [-0.2, 0) is 22.5 Å². The van der Waals surface area contributed by atoms with Crippen molar-refractivity contribution in [1.82, 2.24) is 10.1 Å². The van der Waals surface area contributed by atoms with Crippen molar-refractivity contribution >= 4 is 5.91 Å². The Morgan fingerprint density at radius 3 is 2.37 bits per heavy atom. The van der Waals surface area contributed by atoms with Gasteiger partial charge in [0.2, 0.25) is 5.91 Å². The molecule has 5 nitrogen and oxygen atoms in total. The lowest BCUT2D eigenvalue weighted by molar-refractivity contribution is -0.138. The quantitative estimate of drug-likeness (QED) is 0.791. The first-order valence-corrected chi connectivity index (χ1v) is 9.54. The Balaban J connectivity index is 1.91. The monoisotopic (exact) mass is 370 g/mol. The van der Waals surface area contributed by atoms with Crippen molar-refractivity contribution in [2.24, 2.45) is 0 Å². The van der Waals surface area contributed by atoms with E-state index in [4.69, 9.17) is 9.26 Å². The minimum absolute atomic E-state index is 0.000628. The topological polar surface area (TPSA) is 55.6 Å². The summed E-state index contributed by atoms with van der Waals surface area (Å²) in [6.45, 7) is 12.6. The van der Waals surface area contributed by atoms with Gasteiger partial charge in [0.25, 0.3) is 0 Å². The van der Waals surface area contributed by atoms with E-state index < -0.39 is 5.60 Å². The summed E-state index contributed by atoms with van der Waals surface area (Å²) in [6, 6.07) is 10.1. The molecule has 1 aromatic heterocycles. The van der Waals surface area contributed by atoms with Crippen LogP contribution in [0.25, 0.3) is 0 Å². The Labute approximate surface area is 161 Å². The van der Waals surface area contributed by atoms with Crippen molar-refractivity contribution < 1.29 is 14.1 Å². The smallest absolute Gasteiger partial charge is 0.227 e. The fourth-order valence-electron chi connectivity index (χ4n) is 4.18. The number of carbonyl (C=O) groups excluding carboxylic acids is 1. The summed E-state index contributed by atoms with van der Waals surface area (Å²) in [5.74, 6) is 0.787. The zero-order chi connectivity index (χ0) is 19.8. The summed E-state index contributed by atoms with van der Waals surface area (Å²) in [4.78, 5) is 15.4. The maximum atomic E-state index is 13.4. The molecule has 0 radical (unpaired) electrons. The molecule has 3 rings (SSSR count). The zero-order valence-electron chi connectivity index (χ0n) is 17.2. The SMILES string of the molecule is Cc1noc(C)c1CC(=O)N(Cc1ccccc1)C1CC(C)(C)OC1(C)C. The molecule has 1 atom stereocenters. The van der Waals surface area contributed by atoms with Gasteiger partial charge < -0.3 is 14.2 Å². The Morgan fingerprint density at radius 1 is 1.19 bits per heavy atom. The fraction of sp³-hybridized carbons (Fsp3) is 0.545. The Bertz CT molecular complexity index is 789. The van der Waals surface area contributed by atoms with Crippen LogP contribution in [0.1, 0.15) is 56.7 Å². The van der Waals surface area contributed by atoms with Crippen molar-refractivity contribution in [3.05, 3.63) is 52.9 Å². The summed E-state index contributed by atoms with van der Waals surface area (Å²) in [6.07, 6.45) is 1.10. The van der Waals surface area contributed by atoms with Crippen LogP contribution in [-0.4, -0.2) is 33.2 Å². The Morgan fingerprint density at radius 2 is 1.85 bits per heavy atom. The second-order valence-electron chi connectivity index (χ2n) is 8.67. The second kappa shape index (κ2) is 7.12. The lowest BCUT2D eigenvalue weighted by atomic mass is 9.92. The number of amides is 1. The number of aryl methyl sites for hydroxylation is 2. The highest BCUT2D eigenvalue weighted by atomic mass is 16.5. The van der Waals surface area contributed by atoms with E-state index in [2.05, 4.69) is 45.0 Å². The first kappa shape index (κ1) is 19.6. The van der Waals surface area contributed by atoms with E-state index >= 15 is 0 Å². The number of hydrogen-bond donors (Lipinski definition) is 0. The highest BCUT2D eigenvalue weighted by molar-refractivity contribution is 5.79. The minimum atomic E-state index is -0.410. The van der Waals surface area contributed by atoms with E-state index in [0.29, 0.717) is 18.7 Å². The predicted molar refractivity (Wildman–Crippen MR) is 104 cm³/mol. The van der Waals surface area contributed by atoms with Crippen molar-refractivity contribution in [3.63, 3.8) is 0 Å². The van der Waals surface area contributed by atoms with Gasteiger partial charge in [-0.1, -0.05) is 35.5 Å². The molecule has 1 amide bonds. The van der Waals surface area contributed by atoms with Crippen molar-refractivity contribution in [2.75, 3.05) is 0 Å². The average Bonchev–Trinajstić information content (AvgIpc) is 3.01. The highest BCUT2D eigenvalue weighted by Gasteiger charge is 2.49. The van der Waals surface area contributed by atoms with Crippen LogP contribution in [0.2, 0.25) is 0 Å². The molecule has 1 aromatic carbocycles. The third-order valence-corrected chi connectivity index (χ3v) is 5.43. The molecule has 0 saturated carbocycles. The maximum absolute atomic E-state index is 13.4. The number of carbonyl (C=O) groups is 1. The van der Waals surface area contributed by atoms with E-state index in [1.165, 1.54) is 0 Å². The number of hydrogen-bond acceptors (Lipinski definition) is 4. The van der Waals surface area contributed by atoms with Crippen LogP contribution >= 0.6 is 0 Å². The predicted octanol–water partition coefficient (Wildman–Crippen LogP) is 4.21. The van der Waals surface area contributed by atoms with Gasteiger partial charge in [0, 0.05) is 12.1 Å². The molecule has 0 aliphatic carbocycles. The van der Waals surface area contributed by atoms with Crippen LogP contribution in [0.3, 0.4) is 0 Å². The molecule has 0 spiro atoms.